The molecule has 2 aromatic heterocycles. The van der Waals surface area contributed by atoms with E-state index in [4.69, 9.17) is 0 Å². The van der Waals surface area contributed by atoms with E-state index in [0.29, 0.717) is 29.4 Å². The first-order valence-corrected chi connectivity index (χ1v) is 10.7. The summed E-state index contributed by atoms with van der Waals surface area (Å²) >= 11 is 0. The molecule has 30 heavy (non-hydrogen) atoms. The van der Waals surface area contributed by atoms with Gasteiger partial charge in [0.1, 0.15) is 5.82 Å². The summed E-state index contributed by atoms with van der Waals surface area (Å²) in [6, 6.07) is 10.0. The SMILES string of the molecule is CC(=O)Nc1ccc(S(=O)(=O)NCCNc2ccc(-n3ccc(C)n3)nn2)c(C)c1. The maximum atomic E-state index is 12.5. The van der Waals surface area contributed by atoms with Crippen molar-refractivity contribution in [2.75, 3.05) is 23.7 Å². The highest BCUT2D eigenvalue weighted by molar-refractivity contribution is 7.89. The van der Waals surface area contributed by atoms with E-state index in [1.165, 1.54) is 13.0 Å². The molecule has 0 aliphatic heterocycles. The predicted octanol–water partition coefficient (Wildman–Crippen LogP) is 1.63. The minimum atomic E-state index is -3.68. The maximum absolute atomic E-state index is 12.5. The Labute approximate surface area is 174 Å². The van der Waals surface area contributed by atoms with Crippen LogP contribution in [0.25, 0.3) is 5.82 Å². The first-order chi connectivity index (χ1) is 14.2. The highest BCUT2D eigenvalue weighted by Gasteiger charge is 2.16. The van der Waals surface area contributed by atoms with E-state index < -0.39 is 10.0 Å². The summed E-state index contributed by atoms with van der Waals surface area (Å²) in [5.41, 5.74) is 1.97. The van der Waals surface area contributed by atoms with Crippen LogP contribution in [0.1, 0.15) is 18.2 Å². The van der Waals surface area contributed by atoms with Gasteiger partial charge in [0.25, 0.3) is 0 Å². The van der Waals surface area contributed by atoms with Crippen molar-refractivity contribution in [2.45, 2.75) is 25.7 Å². The topological polar surface area (TPSA) is 131 Å². The Bertz CT molecular complexity index is 1140. The summed E-state index contributed by atoms with van der Waals surface area (Å²) in [7, 11) is -3.68. The molecule has 0 bridgehead atoms. The number of anilines is 2. The van der Waals surface area contributed by atoms with Crippen LogP contribution in [0.4, 0.5) is 11.5 Å². The average molecular weight is 430 g/mol. The number of hydrogen-bond donors (Lipinski definition) is 3. The first-order valence-electron chi connectivity index (χ1n) is 9.23. The molecule has 1 aromatic carbocycles. The van der Waals surface area contributed by atoms with Crippen LogP contribution < -0.4 is 15.4 Å². The van der Waals surface area contributed by atoms with Crippen molar-refractivity contribution in [1.29, 1.82) is 0 Å². The zero-order valence-electron chi connectivity index (χ0n) is 16.9. The minimum absolute atomic E-state index is 0.162. The normalized spacial score (nSPS) is 11.3. The van der Waals surface area contributed by atoms with Gasteiger partial charge in [0.15, 0.2) is 5.82 Å². The number of aryl methyl sites for hydroxylation is 2. The van der Waals surface area contributed by atoms with Crippen molar-refractivity contribution < 1.29 is 13.2 Å². The van der Waals surface area contributed by atoms with Crippen LogP contribution in [0, 0.1) is 13.8 Å². The lowest BCUT2D eigenvalue weighted by molar-refractivity contribution is -0.114. The molecule has 10 nitrogen and oxygen atoms in total. The Morgan fingerprint density at radius 1 is 1.07 bits per heavy atom. The summed E-state index contributed by atoms with van der Waals surface area (Å²) in [4.78, 5) is 11.3. The number of rotatable bonds is 8. The molecule has 0 atom stereocenters. The number of carbonyl (C=O) groups excluding carboxylic acids is 1. The van der Waals surface area contributed by atoms with Crippen LogP contribution in [0.5, 0.6) is 0 Å². The molecule has 0 unspecified atom stereocenters. The van der Waals surface area contributed by atoms with Gasteiger partial charge in [-0.05, 0) is 55.8 Å². The van der Waals surface area contributed by atoms with Gasteiger partial charge in [-0.3, -0.25) is 4.79 Å². The lowest BCUT2D eigenvalue weighted by atomic mass is 10.2. The highest BCUT2D eigenvalue weighted by atomic mass is 32.2. The summed E-state index contributed by atoms with van der Waals surface area (Å²) in [6.07, 6.45) is 1.80. The van der Waals surface area contributed by atoms with Crippen LogP contribution >= 0.6 is 0 Å². The van der Waals surface area contributed by atoms with Gasteiger partial charge in [-0.1, -0.05) is 0 Å². The molecule has 0 saturated heterocycles. The smallest absolute Gasteiger partial charge is 0.240 e. The van der Waals surface area contributed by atoms with E-state index in [-0.39, 0.29) is 17.3 Å². The van der Waals surface area contributed by atoms with E-state index in [2.05, 4.69) is 30.7 Å². The second-order valence-electron chi connectivity index (χ2n) is 6.66. The fraction of sp³-hybridized carbons (Fsp3) is 0.263. The summed E-state index contributed by atoms with van der Waals surface area (Å²) in [6.45, 7) is 5.45. The lowest BCUT2D eigenvalue weighted by Crippen LogP contribution is -2.29. The van der Waals surface area contributed by atoms with Crippen LogP contribution in [-0.2, 0) is 14.8 Å². The highest BCUT2D eigenvalue weighted by Crippen LogP contribution is 2.19. The zero-order chi connectivity index (χ0) is 21.7. The Balaban J connectivity index is 1.54. The number of sulfonamides is 1. The van der Waals surface area contributed by atoms with Crippen molar-refractivity contribution in [1.82, 2.24) is 24.7 Å². The molecule has 2 heterocycles. The first kappa shape index (κ1) is 21.4. The molecule has 0 fully saturated rings. The summed E-state index contributed by atoms with van der Waals surface area (Å²) < 4.78 is 29.2. The molecular formula is C19H23N7O3S. The van der Waals surface area contributed by atoms with Gasteiger partial charge in [0.2, 0.25) is 15.9 Å². The van der Waals surface area contributed by atoms with Crippen molar-refractivity contribution in [2.24, 2.45) is 0 Å². The number of carbonyl (C=O) groups is 1. The van der Waals surface area contributed by atoms with Gasteiger partial charge in [-0.25, -0.2) is 17.8 Å². The largest absolute Gasteiger partial charge is 0.367 e. The van der Waals surface area contributed by atoms with Gasteiger partial charge >= 0.3 is 0 Å². The number of benzene rings is 1. The molecule has 0 aliphatic carbocycles. The molecule has 0 saturated carbocycles. The maximum Gasteiger partial charge on any atom is 0.240 e. The van der Waals surface area contributed by atoms with Gasteiger partial charge in [-0.15, -0.1) is 10.2 Å². The van der Waals surface area contributed by atoms with Gasteiger partial charge in [0, 0.05) is 31.9 Å². The summed E-state index contributed by atoms with van der Waals surface area (Å²) in [5, 5.41) is 18.1. The standard InChI is InChI=1S/C19H23N7O3S/c1-13-12-16(22-15(3)27)4-5-17(13)30(28,29)21-10-9-20-18-6-7-19(24-23-18)26-11-8-14(2)25-26/h4-8,11-12,21H,9-10H2,1-3H3,(H,20,23)(H,22,27). The molecule has 11 heteroatoms. The van der Waals surface area contributed by atoms with Crippen molar-refractivity contribution in [3.8, 4) is 5.82 Å². The van der Waals surface area contributed by atoms with Crippen molar-refractivity contribution >= 4 is 27.4 Å². The van der Waals surface area contributed by atoms with Crippen LogP contribution in [0.3, 0.4) is 0 Å². The Morgan fingerprint density at radius 2 is 1.87 bits per heavy atom. The van der Waals surface area contributed by atoms with Crippen LogP contribution in [-0.4, -0.2) is 47.4 Å². The summed E-state index contributed by atoms with van der Waals surface area (Å²) in [5.74, 6) is 0.898. The third kappa shape index (κ3) is 5.39. The molecular weight excluding hydrogens is 406 g/mol. The van der Waals surface area contributed by atoms with E-state index in [0.717, 1.165) is 5.69 Å². The zero-order valence-corrected chi connectivity index (χ0v) is 17.7. The third-order valence-electron chi connectivity index (χ3n) is 4.12. The third-order valence-corrected chi connectivity index (χ3v) is 5.74. The predicted molar refractivity (Wildman–Crippen MR) is 113 cm³/mol. The number of nitrogens with zero attached hydrogens (tertiary/aromatic N) is 4. The molecule has 1 amide bonds. The fourth-order valence-corrected chi connectivity index (χ4v) is 4.03. The minimum Gasteiger partial charge on any atom is -0.367 e. The van der Waals surface area contributed by atoms with E-state index >= 15 is 0 Å². The second kappa shape index (κ2) is 9.01. The molecule has 0 spiro atoms. The van der Waals surface area contributed by atoms with E-state index in [1.807, 2.05) is 13.0 Å². The van der Waals surface area contributed by atoms with Crippen LogP contribution in [0.15, 0.2) is 47.5 Å². The van der Waals surface area contributed by atoms with Crippen molar-refractivity contribution in [3.05, 3.63) is 53.9 Å². The molecule has 0 aliphatic rings. The molecule has 0 radical (unpaired) electrons. The van der Waals surface area contributed by atoms with Gasteiger partial charge < -0.3 is 10.6 Å². The van der Waals surface area contributed by atoms with Gasteiger partial charge in [-0.2, -0.15) is 5.10 Å². The molecule has 3 N–H and O–H groups in total. The Kier molecular flexibility index (Phi) is 6.43. The lowest BCUT2D eigenvalue weighted by Gasteiger charge is -2.11. The number of nitrogens with one attached hydrogen (secondary N) is 3. The molecule has 3 aromatic rings. The Hall–Kier alpha value is -3.31. The number of amides is 1. The molecule has 158 valence electrons. The van der Waals surface area contributed by atoms with E-state index in [9.17, 15) is 13.2 Å². The van der Waals surface area contributed by atoms with E-state index in [1.54, 1.807) is 42.1 Å². The van der Waals surface area contributed by atoms with Crippen LogP contribution in [0.2, 0.25) is 0 Å². The van der Waals surface area contributed by atoms with Crippen molar-refractivity contribution in [3.63, 3.8) is 0 Å². The quantitative estimate of drug-likeness (QED) is 0.464. The number of hydrogen-bond acceptors (Lipinski definition) is 7. The monoisotopic (exact) mass is 429 g/mol. The number of aromatic nitrogens is 4. The Morgan fingerprint density at radius 3 is 2.47 bits per heavy atom. The second-order valence-corrected chi connectivity index (χ2v) is 8.40. The molecule has 3 rings (SSSR count). The van der Waals surface area contributed by atoms with Gasteiger partial charge in [0.05, 0.1) is 10.6 Å². The fourth-order valence-electron chi connectivity index (χ4n) is 2.77. The average Bonchev–Trinajstić information content (AvgIpc) is 3.11.